The van der Waals surface area contributed by atoms with E-state index in [4.69, 9.17) is 4.74 Å². The molecule has 1 heterocycles. The van der Waals surface area contributed by atoms with E-state index in [0.29, 0.717) is 17.3 Å². The predicted octanol–water partition coefficient (Wildman–Crippen LogP) is 3.13. The lowest BCUT2D eigenvalue weighted by Gasteiger charge is -2.12. The van der Waals surface area contributed by atoms with Gasteiger partial charge in [0.15, 0.2) is 0 Å². The molecule has 0 unspecified atom stereocenters. The second-order valence-electron chi connectivity index (χ2n) is 5.56. The van der Waals surface area contributed by atoms with Crippen molar-refractivity contribution < 1.29 is 9.53 Å². The summed E-state index contributed by atoms with van der Waals surface area (Å²) in [7, 11) is 1.55. The summed E-state index contributed by atoms with van der Waals surface area (Å²) in [5.74, 6) is 0.937. The molecule has 2 aromatic rings. The monoisotopic (exact) mass is 352 g/mol. The maximum atomic E-state index is 12.2. The minimum absolute atomic E-state index is 0.0990. The van der Waals surface area contributed by atoms with E-state index >= 15 is 0 Å². The number of ether oxygens (including phenoxy) is 1. The van der Waals surface area contributed by atoms with Gasteiger partial charge in [0.2, 0.25) is 5.82 Å². The van der Waals surface area contributed by atoms with Crippen molar-refractivity contribution in [1.29, 1.82) is 0 Å². The van der Waals surface area contributed by atoms with Crippen LogP contribution < -0.4 is 10.1 Å². The highest BCUT2D eigenvalue weighted by Gasteiger charge is 2.21. The Balaban J connectivity index is 2.22. The molecule has 6 nitrogen and oxygen atoms in total. The molecule has 0 aliphatic carbocycles. The number of halogens is 1. The number of hydrogen-bond donors (Lipinski definition) is 2. The number of aromatic amines is 1. The van der Waals surface area contributed by atoms with Crippen LogP contribution in [-0.4, -0.2) is 28.2 Å². The Morgan fingerprint density at radius 2 is 2.10 bits per heavy atom. The number of anilines is 1. The van der Waals surface area contributed by atoms with Crippen LogP contribution in [-0.2, 0) is 5.41 Å². The first-order valence-corrected chi connectivity index (χ1v) is 7.18. The Kier molecular flexibility index (Phi) is 4.32. The lowest BCUT2D eigenvalue weighted by Crippen LogP contribution is -2.16. The molecular weight excluding hydrogens is 336 g/mol. The van der Waals surface area contributed by atoms with Crippen LogP contribution in [0, 0.1) is 0 Å². The quantitative estimate of drug-likeness (QED) is 0.889. The van der Waals surface area contributed by atoms with Crippen molar-refractivity contribution in [3.05, 3.63) is 34.3 Å². The maximum Gasteiger partial charge on any atom is 0.295 e. The van der Waals surface area contributed by atoms with Crippen molar-refractivity contribution in [3.63, 3.8) is 0 Å². The fraction of sp³-hybridized carbons (Fsp3) is 0.357. The predicted molar refractivity (Wildman–Crippen MR) is 83.7 cm³/mol. The second kappa shape index (κ2) is 5.85. The molecule has 0 spiro atoms. The van der Waals surface area contributed by atoms with Gasteiger partial charge in [-0.05, 0) is 18.2 Å². The average Bonchev–Trinajstić information content (AvgIpc) is 2.88. The lowest BCUT2D eigenvalue weighted by molar-refractivity contribution is 0.101. The van der Waals surface area contributed by atoms with Gasteiger partial charge in [0, 0.05) is 9.89 Å². The summed E-state index contributed by atoms with van der Waals surface area (Å²) in [4.78, 5) is 16.4. The number of H-pyrrole nitrogens is 1. The van der Waals surface area contributed by atoms with Crippen LogP contribution in [0.1, 0.15) is 37.2 Å². The smallest absolute Gasteiger partial charge is 0.295 e. The van der Waals surface area contributed by atoms with Crippen LogP contribution in [0.3, 0.4) is 0 Å². The fourth-order valence-electron chi connectivity index (χ4n) is 1.65. The Morgan fingerprint density at radius 3 is 2.67 bits per heavy atom. The molecule has 0 radical (unpaired) electrons. The number of rotatable bonds is 3. The number of nitrogens with zero attached hydrogens (tertiary/aromatic N) is 2. The zero-order valence-electron chi connectivity index (χ0n) is 12.3. The molecule has 0 bridgehead atoms. The Hall–Kier alpha value is -1.89. The van der Waals surface area contributed by atoms with Crippen LogP contribution in [0.2, 0.25) is 0 Å². The third-order valence-corrected chi connectivity index (χ3v) is 3.30. The summed E-state index contributed by atoms with van der Waals surface area (Å²) in [6.45, 7) is 5.98. The summed E-state index contributed by atoms with van der Waals surface area (Å²) < 4.78 is 6.05. The summed E-state index contributed by atoms with van der Waals surface area (Å²) in [6, 6.07) is 5.35. The van der Waals surface area contributed by atoms with Gasteiger partial charge in [-0.1, -0.05) is 36.7 Å². The molecule has 0 aliphatic heterocycles. The highest BCUT2D eigenvalue weighted by molar-refractivity contribution is 9.10. The van der Waals surface area contributed by atoms with Gasteiger partial charge >= 0.3 is 0 Å². The van der Waals surface area contributed by atoms with Crippen molar-refractivity contribution in [2.24, 2.45) is 0 Å². The molecule has 0 atom stereocenters. The van der Waals surface area contributed by atoms with Crippen molar-refractivity contribution in [2.45, 2.75) is 26.2 Å². The van der Waals surface area contributed by atoms with E-state index in [1.165, 1.54) is 0 Å². The van der Waals surface area contributed by atoms with Crippen LogP contribution in [0.5, 0.6) is 5.75 Å². The van der Waals surface area contributed by atoms with Gasteiger partial charge in [0.05, 0.1) is 12.8 Å². The van der Waals surface area contributed by atoms with E-state index in [0.717, 1.165) is 4.47 Å². The second-order valence-corrected chi connectivity index (χ2v) is 6.47. The Bertz CT molecular complexity index is 661. The van der Waals surface area contributed by atoms with E-state index in [9.17, 15) is 4.79 Å². The molecule has 1 aromatic heterocycles. The first-order chi connectivity index (χ1) is 9.81. The van der Waals surface area contributed by atoms with Gasteiger partial charge in [-0.15, -0.1) is 5.10 Å². The number of hydrogen-bond acceptors (Lipinski definition) is 4. The highest BCUT2D eigenvalue weighted by atomic mass is 79.9. The zero-order valence-corrected chi connectivity index (χ0v) is 13.9. The summed E-state index contributed by atoms with van der Waals surface area (Å²) in [6.07, 6.45) is 0. The molecule has 1 aromatic carbocycles. The molecule has 112 valence electrons. The number of benzene rings is 1. The van der Waals surface area contributed by atoms with Gasteiger partial charge in [-0.2, -0.15) is 0 Å². The SMILES string of the molecule is COc1ccc(Br)cc1NC(=O)c1n[nH]c(C(C)(C)C)n1. The lowest BCUT2D eigenvalue weighted by atomic mass is 9.96. The third kappa shape index (κ3) is 3.60. The Labute approximate surface area is 131 Å². The molecule has 1 amide bonds. The molecule has 0 aliphatic rings. The van der Waals surface area contributed by atoms with Crippen molar-refractivity contribution >= 4 is 27.5 Å². The van der Waals surface area contributed by atoms with Crippen LogP contribution >= 0.6 is 15.9 Å². The number of aromatic nitrogens is 3. The summed E-state index contributed by atoms with van der Waals surface area (Å²) in [5, 5.41) is 9.49. The molecule has 0 saturated heterocycles. The first-order valence-electron chi connectivity index (χ1n) is 6.39. The van der Waals surface area contributed by atoms with Gasteiger partial charge < -0.3 is 10.1 Å². The van der Waals surface area contributed by atoms with E-state index in [-0.39, 0.29) is 11.2 Å². The molecule has 2 N–H and O–H groups in total. The average molecular weight is 353 g/mol. The van der Waals surface area contributed by atoms with E-state index in [1.807, 2.05) is 26.8 Å². The van der Waals surface area contributed by atoms with Crippen molar-refractivity contribution in [3.8, 4) is 5.75 Å². The molecule has 0 saturated carbocycles. The van der Waals surface area contributed by atoms with Crippen LogP contribution in [0.4, 0.5) is 5.69 Å². The van der Waals surface area contributed by atoms with Gasteiger partial charge in [-0.3, -0.25) is 9.89 Å². The minimum atomic E-state index is -0.391. The molecule has 2 rings (SSSR count). The molecule has 0 fully saturated rings. The van der Waals surface area contributed by atoms with Gasteiger partial charge in [-0.25, -0.2) is 4.98 Å². The summed E-state index contributed by atoms with van der Waals surface area (Å²) >= 11 is 3.36. The number of carbonyl (C=O) groups is 1. The molecule has 21 heavy (non-hydrogen) atoms. The van der Waals surface area contributed by atoms with E-state index in [1.54, 1.807) is 19.2 Å². The maximum absolute atomic E-state index is 12.2. The standard InChI is InChI=1S/C14H17BrN4O2/c1-14(2,3)13-17-11(18-19-13)12(20)16-9-7-8(15)5-6-10(9)21-4/h5-7H,1-4H3,(H,16,20)(H,17,18,19). The number of carbonyl (C=O) groups excluding carboxylic acids is 1. The zero-order chi connectivity index (χ0) is 15.6. The summed E-state index contributed by atoms with van der Waals surface area (Å²) in [5.41, 5.74) is 0.359. The van der Waals surface area contributed by atoms with E-state index in [2.05, 4.69) is 36.4 Å². The fourth-order valence-corrected chi connectivity index (χ4v) is 2.02. The van der Waals surface area contributed by atoms with Crippen LogP contribution in [0.15, 0.2) is 22.7 Å². The number of amides is 1. The minimum Gasteiger partial charge on any atom is -0.495 e. The van der Waals surface area contributed by atoms with Gasteiger partial charge in [0.1, 0.15) is 11.6 Å². The van der Waals surface area contributed by atoms with Crippen LogP contribution in [0.25, 0.3) is 0 Å². The van der Waals surface area contributed by atoms with Crippen molar-refractivity contribution in [1.82, 2.24) is 15.2 Å². The first kappa shape index (κ1) is 15.5. The topological polar surface area (TPSA) is 79.9 Å². The van der Waals surface area contributed by atoms with E-state index < -0.39 is 5.91 Å². The Morgan fingerprint density at radius 1 is 1.38 bits per heavy atom. The normalized spacial score (nSPS) is 11.3. The van der Waals surface area contributed by atoms with Crippen molar-refractivity contribution in [2.75, 3.05) is 12.4 Å². The molecule has 7 heteroatoms. The highest BCUT2D eigenvalue weighted by Crippen LogP contribution is 2.28. The number of nitrogens with one attached hydrogen (secondary N) is 2. The largest absolute Gasteiger partial charge is 0.495 e. The molecular formula is C14H17BrN4O2. The van der Waals surface area contributed by atoms with Gasteiger partial charge in [0.25, 0.3) is 5.91 Å². The number of methoxy groups -OCH3 is 1. The third-order valence-electron chi connectivity index (χ3n) is 2.81.